The van der Waals surface area contributed by atoms with Crippen LogP contribution in [-0.4, -0.2) is 46.9 Å². The summed E-state index contributed by atoms with van der Waals surface area (Å²) in [6, 6.07) is 4.10. The molecule has 0 unspecified atom stereocenters. The molecule has 1 aromatic rings. The number of allylic oxidation sites excluding steroid dienone is 1. The molecule has 0 saturated carbocycles. The van der Waals surface area contributed by atoms with Gasteiger partial charge in [0.05, 0.1) is 29.3 Å². The minimum Gasteiger partial charge on any atom is -0.353 e. The van der Waals surface area contributed by atoms with Crippen LogP contribution in [0.3, 0.4) is 0 Å². The number of hydrogen-bond donors (Lipinski definition) is 1. The van der Waals surface area contributed by atoms with Crippen LogP contribution >= 0.6 is 11.8 Å². The zero-order valence-electron chi connectivity index (χ0n) is 19.2. The van der Waals surface area contributed by atoms with Gasteiger partial charge in [-0.05, 0) is 43.4 Å². The average molecular weight is 481 g/mol. The molecule has 6 nitrogen and oxygen atoms in total. The number of rotatable bonds is 6. The third-order valence-electron chi connectivity index (χ3n) is 5.55. The van der Waals surface area contributed by atoms with E-state index < -0.39 is 17.8 Å². The fraction of sp³-hybridized carbons (Fsp3) is 0.435. The largest absolute Gasteiger partial charge is 0.416 e. The molecule has 0 spiro atoms. The molecule has 0 saturated heterocycles. The number of benzene rings is 1. The van der Waals surface area contributed by atoms with E-state index in [-0.39, 0.29) is 24.3 Å². The highest BCUT2D eigenvalue weighted by Gasteiger charge is 2.41. The van der Waals surface area contributed by atoms with Gasteiger partial charge in [-0.2, -0.15) is 13.2 Å². The number of fused-ring (bicyclic) bond motifs is 1. The highest BCUT2D eigenvalue weighted by atomic mass is 32.2. The lowest BCUT2D eigenvalue weighted by Crippen LogP contribution is -2.40. The highest BCUT2D eigenvalue weighted by Crippen LogP contribution is 2.45. The summed E-state index contributed by atoms with van der Waals surface area (Å²) in [7, 11) is 3.22. The highest BCUT2D eigenvalue weighted by molar-refractivity contribution is 8.16. The van der Waals surface area contributed by atoms with Gasteiger partial charge in [-0.3, -0.25) is 9.59 Å². The van der Waals surface area contributed by atoms with Gasteiger partial charge in [0, 0.05) is 25.8 Å². The van der Waals surface area contributed by atoms with Crippen molar-refractivity contribution in [3.05, 3.63) is 57.8 Å². The molecule has 1 N–H and O–H groups in total. The van der Waals surface area contributed by atoms with Gasteiger partial charge in [0.2, 0.25) is 5.91 Å². The smallest absolute Gasteiger partial charge is 0.353 e. The summed E-state index contributed by atoms with van der Waals surface area (Å²) >= 11 is 1.33. The quantitative estimate of drug-likeness (QED) is 0.643. The number of nitrogens with one attached hydrogen (secondary N) is 1. The summed E-state index contributed by atoms with van der Waals surface area (Å²) in [6.45, 7) is 5.60. The summed E-state index contributed by atoms with van der Waals surface area (Å²) in [6.07, 6.45) is -3.61. The maximum absolute atomic E-state index is 13.1. The van der Waals surface area contributed by atoms with Crippen LogP contribution in [0.25, 0.3) is 0 Å². The molecule has 0 bridgehead atoms. The van der Waals surface area contributed by atoms with Gasteiger partial charge in [-0.1, -0.05) is 30.8 Å². The first-order valence-electron chi connectivity index (χ1n) is 10.6. The van der Waals surface area contributed by atoms with E-state index in [1.54, 1.807) is 25.9 Å². The number of carbonyl (C=O) groups excluding carboxylic acids is 2. The van der Waals surface area contributed by atoms with Gasteiger partial charge < -0.3 is 15.1 Å². The van der Waals surface area contributed by atoms with Gasteiger partial charge >= 0.3 is 6.18 Å². The van der Waals surface area contributed by atoms with Crippen molar-refractivity contribution in [3.63, 3.8) is 0 Å². The Bertz CT molecular complexity index is 1030. The van der Waals surface area contributed by atoms with Crippen molar-refractivity contribution in [3.8, 4) is 0 Å². The van der Waals surface area contributed by atoms with Crippen LogP contribution in [0.2, 0.25) is 0 Å². The van der Waals surface area contributed by atoms with Gasteiger partial charge in [0.25, 0.3) is 5.91 Å². The number of halogens is 3. The summed E-state index contributed by atoms with van der Waals surface area (Å²) in [4.78, 5) is 33.5. The van der Waals surface area contributed by atoms with Crippen LogP contribution in [0.5, 0.6) is 0 Å². The number of hydrogen-bond acceptors (Lipinski definition) is 5. The molecular weight excluding hydrogens is 453 g/mol. The van der Waals surface area contributed by atoms with Crippen LogP contribution in [0.15, 0.2) is 51.6 Å². The molecule has 1 aromatic carbocycles. The second-order valence-corrected chi connectivity index (χ2v) is 9.10. The summed E-state index contributed by atoms with van der Waals surface area (Å²) < 4.78 is 39.4. The molecule has 2 atom stereocenters. The van der Waals surface area contributed by atoms with Crippen LogP contribution in [-0.2, 0) is 15.8 Å². The van der Waals surface area contributed by atoms with Crippen LogP contribution in [0.4, 0.5) is 13.2 Å². The van der Waals surface area contributed by atoms with E-state index >= 15 is 0 Å². The molecular formula is C23H27F3N4O2S. The lowest BCUT2D eigenvalue weighted by Gasteiger charge is -2.37. The second kappa shape index (κ2) is 9.62. The summed E-state index contributed by atoms with van der Waals surface area (Å²) in [5.74, 6) is -0.462. The number of carbonyl (C=O) groups is 2. The molecule has 0 aliphatic carbocycles. The summed E-state index contributed by atoms with van der Waals surface area (Å²) in [5.41, 5.74) is 1.24. The molecule has 2 heterocycles. The van der Waals surface area contributed by atoms with Crippen LogP contribution < -0.4 is 5.32 Å². The molecule has 2 aliphatic heterocycles. The Morgan fingerprint density at radius 1 is 1.24 bits per heavy atom. The Morgan fingerprint density at radius 3 is 2.42 bits per heavy atom. The van der Waals surface area contributed by atoms with E-state index in [1.165, 1.54) is 28.8 Å². The number of amidine groups is 1. The van der Waals surface area contributed by atoms with Crippen molar-refractivity contribution < 1.29 is 22.8 Å². The minimum absolute atomic E-state index is 0.0142. The third-order valence-corrected chi connectivity index (χ3v) is 6.44. The predicted molar refractivity (Wildman–Crippen MR) is 123 cm³/mol. The fourth-order valence-corrected chi connectivity index (χ4v) is 4.61. The van der Waals surface area contributed by atoms with Crippen molar-refractivity contribution in [2.45, 2.75) is 51.9 Å². The Morgan fingerprint density at radius 2 is 1.88 bits per heavy atom. The topological polar surface area (TPSA) is 65.0 Å². The van der Waals surface area contributed by atoms with Gasteiger partial charge in [0.15, 0.2) is 5.17 Å². The lowest BCUT2D eigenvalue weighted by atomic mass is 9.92. The Hall–Kier alpha value is -2.75. The molecule has 0 radical (unpaired) electrons. The van der Waals surface area contributed by atoms with Crippen molar-refractivity contribution in [2.75, 3.05) is 14.1 Å². The van der Waals surface area contributed by atoms with E-state index in [2.05, 4.69) is 10.3 Å². The maximum atomic E-state index is 13.1. The van der Waals surface area contributed by atoms with Crippen LogP contribution in [0, 0.1) is 0 Å². The minimum atomic E-state index is -4.46. The molecule has 0 fully saturated rings. The molecule has 33 heavy (non-hydrogen) atoms. The van der Waals surface area contributed by atoms with Crippen LogP contribution in [0.1, 0.15) is 50.8 Å². The predicted octanol–water partition coefficient (Wildman–Crippen LogP) is 4.67. The molecule has 3 rings (SSSR count). The number of amides is 2. The van der Waals surface area contributed by atoms with Crippen molar-refractivity contribution >= 4 is 28.7 Å². The Labute approximate surface area is 195 Å². The molecule has 10 heteroatoms. The third kappa shape index (κ3) is 5.26. The SMILES string of the molecule is CC[C@H](C)NC(=O)CC1=CSC2=NC(C)=C(C(=O)N(C)C)[C@H](c3ccc(C(F)(F)F)cc3)N12. The number of thioether (sulfide) groups is 1. The zero-order valence-corrected chi connectivity index (χ0v) is 20.0. The second-order valence-electron chi connectivity index (χ2n) is 8.27. The van der Waals surface area contributed by atoms with E-state index in [0.29, 0.717) is 27.7 Å². The van der Waals surface area contributed by atoms with Gasteiger partial charge in [0.1, 0.15) is 0 Å². The normalized spacial score (nSPS) is 19.0. The lowest BCUT2D eigenvalue weighted by molar-refractivity contribution is -0.137. The van der Waals surface area contributed by atoms with E-state index in [4.69, 9.17) is 0 Å². The number of alkyl halides is 3. The Kier molecular flexibility index (Phi) is 7.26. The van der Waals surface area contributed by atoms with Gasteiger partial charge in [-0.25, -0.2) is 4.99 Å². The van der Waals surface area contributed by atoms with E-state index in [9.17, 15) is 22.8 Å². The number of likely N-dealkylation sites (N-methyl/N-ethyl adjacent to an activating group) is 1. The number of aliphatic imine (C=N–C) groups is 1. The first-order valence-corrected chi connectivity index (χ1v) is 11.4. The maximum Gasteiger partial charge on any atom is 0.416 e. The zero-order chi connectivity index (χ0) is 24.5. The first-order chi connectivity index (χ1) is 15.4. The van der Waals surface area contributed by atoms with Crippen molar-refractivity contribution in [1.29, 1.82) is 0 Å². The summed E-state index contributed by atoms with van der Waals surface area (Å²) in [5, 5.41) is 5.31. The Balaban J connectivity index is 2.04. The molecule has 2 amide bonds. The van der Waals surface area contributed by atoms with Crippen molar-refractivity contribution in [2.24, 2.45) is 4.99 Å². The average Bonchev–Trinajstić information content (AvgIpc) is 3.13. The fourth-order valence-electron chi connectivity index (χ4n) is 3.65. The first kappa shape index (κ1) is 24.9. The van der Waals surface area contributed by atoms with Gasteiger partial charge in [-0.15, -0.1) is 0 Å². The molecule has 0 aromatic heterocycles. The van der Waals surface area contributed by atoms with E-state index in [1.807, 2.05) is 19.3 Å². The standard InChI is InChI=1S/C23H27F3N4O2S/c1-6-13(2)27-18(31)11-17-12-33-22-28-14(3)19(21(32)29(4)5)20(30(17)22)15-7-9-16(10-8-15)23(24,25)26/h7-10,12-13,20H,6,11H2,1-5H3,(H,27,31)/t13-,20-/m0/s1. The van der Waals surface area contributed by atoms with E-state index in [0.717, 1.165) is 18.6 Å². The molecule has 2 aliphatic rings. The monoisotopic (exact) mass is 480 g/mol. The number of nitrogens with zero attached hydrogens (tertiary/aromatic N) is 3. The van der Waals surface area contributed by atoms with Crippen molar-refractivity contribution in [1.82, 2.24) is 15.1 Å². The molecule has 178 valence electrons.